The molecule has 28 heavy (non-hydrogen) atoms. The molecule has 2 fully saturated rings. The molecule has 2 rings (SSSR count). The molecule has 2 aliphatic rings. The highest BCUT2D eigenvalue weighted by Gasteiger charge is 2.49. The van der Waals surface area contributed by atoms with Gasteiger partial charge >= 0.3 is 7.82 Å². The first-order valence-corrected chi connectivity index (χ1v) is 11.4. The number of phosphoric acid groups is 1. The standard InChI is InChI=1S/C18H36NO8P/c1-11(2)22-10-18(19)17(8-14(6)26-18)27-28(20,21)23-9-16-15(24-12(3)4)7-13(5)25-16/h11-17H,7-10,19H2,1-6H3,(H,20,21)/t13-,14-,15?,16?,17?,18+/m0/s1. The number of phosphoric ester groups is 1. The van der Waals surface area contributed by atoms with Crippen LogP contribution < -0.4 is 5.73 Å². The van der Waals surface area contributed by atoms with E-state index in [1.807, 2.05) is 41.5 Å². The fraction of sp³-hybridized carbons (Fsp3) is 1.00. The Balaban J connectivity index is 1.93. The van der Waals surface area contributed by atoms with E-state index in [1.165, 1.54) is 0 Å². The van der Waals surface area contributed by atoms with Crippen molar-refractivity contribution in [2.24, 2.45) is 5.73 Å². The Hall–Kier alpha value is -0.0900. The molecule has 0 saturated carbocycles. The van der Waals surface area contributed by atoms with Gasteiger partial charge in [0.1, 0.15) is 12.2 Å². The summed E-state index contributed by atoms with van der Waals surface area (Å²) in [5, 5.41) is 0. The lowest BCUT2D eigenvalue weighted by atomic mass is 10.1. The van der Waals surface area contributed by atoms with Crippen LogP contribution in [-0.2, 0) is 32.6 Å². The predicted octanol–water partition coefficient (Wildman–Crippen LogP) is 2.35. The Labute approximate surface area is 167 Å². The molecule has 4 unspecified atom stereocenters. The van der Waals surface area contributed by atoms with E-state index < -0.39 is 25.8 Å². The fourth-order valence-electron chi connectivity index (χ4n) is 3.47. The van der Waals surface area contributed by atoms with Gasteiger partial charge in [0.05, 0.1) is 43.7 Å². The Bertz CT molecular complexity index is 548. The maximum Gasteiger partial charge on any atom is 0.472 e. The van der Waals surface area contributed by atoms with Crippen LogP contribution in [0.2, 0.25) is 0 Å². The quantitative estimate of drug-likeness (QED) is 0.508. The van der Waals surface area contributed by atoms with E-state index in [9.17, 15) is 9.46 Å². The van der Waals surface area contributed by atoms with Crippen LogP contribution >= 0.6 is 7.82 Å². The number of hydrogen-bond acceptors (Lipinski definition) is 8. The van der Waals surface area contributed by atoms with Crippen molar-refractivity contribution >= 4 is 7.82 Å². The van der Waals surface area contributed by atoms with Gasteiger partial charge in [-0.25, -0.2) is 4.57 Å². The molecule has 7 atom stereocenters. The smallest absolute Gasteiger partial charge is 0.374 e. The van der Waals surface area contributed by atoms with Gasteiger partial charge in [-0.15, -0.1) is 0 Å². The average molecular weight is 425 g/mol. The summed E-state index contributed by atoms with van der Waals surface area (Å²) in [4.78, 5) is 10.2. The Morgan fingerprint density at radius 2 is 1.86 bits per heavy atom. The van der Waals surface area contributed by atoms with Crippen LogP contribution in [0.1, 0.15) is 54.4 Å². The fourth-order valence-corrected chi connectivity index (χ4v) is 4.46. The number of rotatable bonds is 10. The van der Waals surface area contributed by atoms with E-state index in [2.05, 4.69) is 0 Å². The molecule has 10 heteroatoms. The van der Waals surface area contributed by atoms with Gasteiger partial charge in [-0.3, -0.25) is 14.8 Å². The molecule has 0 spiro atoms. The minimum atomic E-state index is -4.38. The lowest BCUT2D eigenvalue weighted by Crippen LogP contribution is -2.53. The minimum absolute atomic E-state index is 0.00898. The van der Waals surface area contributed by atoms with E-state index in [-0.39, 0.29) is 43.7 Å². The third kappa shape index (κ3) is 7.00. The summed E-state index contributed by atoms with van der Waals surface area (Å²) in [7, 11) is -4.38. The van der Waals surface area contributed by atoms with Crippen LogP contribution in [0.3, 0.4) is 0 Å². The van der Waals surface area contributed by atoms with Crippen molar-refractivity contribution in [3.05, 3.63) is 0 Å². The molecule has 9 nitrogen and oxygen atoms in total. The second kappa shape index (κ2) is 9.81. The van der Waals surface area contributed by atoms with Crippen LogP contribution in [0.25, 0.3) is 0 Å². The van der Waals surface area contributed by atoms with E-state index in [1.54, 1.807) is 0 Å². The molecule has 2 heterocycles. The second-order valence-corrected chi connectivity index (χ2v) is 9.69. The van der Waals surface area contributed by atoms with Crippen LogP contribution in [-0.4, -0.2) is 66.6 Å². The molecule has 2 aliphatic heterocycles. The minimum Gasteiger partial charge on any atom is -0.374 e. The molecule has 166 valence electrons. The van der Waals surface area contributed by atoms with E-state index in [0.29, 0.717) is 12.8 Å². The molecular formula is C18H36NO8P. The Morgan fingerprint density at radius 3 is 2.46 bits per heavy atom. The van der Waals surface area contributed by atoms with Crippen molar-refractivity contribution in [3.63, 3.8) is 0 Å². The van der Waals surface area contributed by atoms with Crippen molar-refractivity contribution in [2.45, 2.75) is 103 Å². The van der Waals surface area contributed by atoms with Gasteiger partial charge in [0.25, 0.3) is 0 Å². The molecule has 0 aliphatic carbocycles. The lowest BCUT2D eigenvalue weighted by molar-refractivity contribution is -0.128. The summed E-state index contributed by atoms with van der Waals surface area (Å²) in [5.41, 5.74) is 4.95. The first-order valence-electron chi connectivity index (χ1n) is 9.95. The highest BCUT2D eigenvalue weighted by atomic mass is 31.2. The van der Waals surface area contributed by atoms with Crippen molar-refractivity contribution in [1.82, 2.24) is 0 Å². The Kier molecular flexibility index (Phi) is 8.47. The van der Waals surface area contributed by atoms with Crippen molar-refractivity contribution in [3.8, 4) is 0 Å². The molecule has 0 amide bonds. The summed E-state index contributed by atoms with van der Waals surface area (Å²) < 4.78 is 46.0. The third-order valence-electron chi connectivity index (χ3n) is 4.65. The largest absolute Gasteiger partial charge is 0.472 e. The van der Waals surface area contributed by atoms with Gasteiger partial charge in [-0.2, -0.15) is 0 Å². The van der Waals surface area contributed by atoms with Crippen LogP contribution in [0, 0.1) is 0 Å². The Morgan fingerprint density at radius 1 is 1.18 bits per heavy atom. The average Bonchev–Trinajstić information content (AvgIpc) is 3.02. The maximum atomic E-state index is 12.5. The highest BCUT2D eigenvalue weighted by Crippen LogP contribution is 2.49. The lowest BCUT2D eigenvalue weighted by Gasteiger charge is -2.31. The van der Waals surface area contributed by atoms with E-state index in [4.69, 9.17) is 33.7 Å². The molecule has 2 saturated heterocycles. The highest BCUT2D eigenvalue weighted by molar-refractivity contribution is 7.47. The molecule has 3 N–H and O–H groups in total. The molecule has 0 aromatic heterocycles. The van der Waals surface area contributed by atoms with Crippen molar-refractivity contribution in [2.75, 3.05) is 13.2 Å². The molecule has 0 radical (unpaired) electrons. The monoisotopic (exact) mass is 425 g/mol. The van der Waals surface area contributed by atoms with Gasteiger partial charge in [0.2, 0.25) is 0 Å². The van der Waals surface area contributed by atoms with Crippen LogP contribution in [0.5, 0.6) is 0 Å². The van der Waals surface area contributed by atoms with Gasteiger partial charge < -0.3 is 23.8 Å². The van der Waals surface area contributed by atoms with Gasteiger partial charge in [0, 0.05) is 12.8 Å². The summed E-state index contributed by atoms with van der Waals surface area (Å²) in [6.07, 6.45) is -0.671. The zero-order valence-corrected chi connectivity index (χ0v) is 18.6. The first kappa shape index (κ1) is 24.2. The van der Waals surface area contributed by atoms with Crippen LogP contribution in [0.15, 0.2) is 0 Å². The van der Waals surface area contributed by atoms with Crippen molar-refractivity contribution in [1.29, 1.82) is 0 Å². The zero-order chi connectivity index (χ0) is 21.1. The van der Waals surface area contributed by atoms with Crippen LogP contribution in [0.4, 0.5) is 0 Å². The normalized spacial score (nSPS) is 38.4. The number of ether oxygens (including phenoxy) is 4. The summed E-state index contributed by atoms with van der Waals surface area (Å²) in [6, 6.07) is 0. The first-order chi connectivity index (χ1) is 12.9. The van der Waals surface area contributed by atoms with E-state index >= 15 is 0 Å². The molecule has 0 aromatic rings. The summed E-state index contributed by atoms with van der Waals surface area (Å²) in [6.45, 7) is 11.3. The number of nitrogens with two attached hydrogens (primary N) is 1. The molecule has 0 aromatic carbocycles. The topological polar surface area (TPSA) is 119 Å². The van der Waals surface area contributed by atoms with E-state index in [0.717, 1.165) is 0 Å². The van der Waals surface area contributed by atoms with Gasteiger partial charge in [-0.05, 0) is 41.5 Å². The molecule has 0 bridgehead atoms. The maximum absolute atomic E-state index is 12.5. The van der Waals surface area contributed by atoms with Crippen molar-refractivity contribution < 1.29 is 37.5 Å². The number of hydrogen-bond donors (Lipinski definition) is 2. The SMILES string of the molecule is CC(C)OC[C@@]1(N)O[C@@H](C)CC1OP(=O)(O)OCC1O[C@@H](C)CC1OC(C)C. The second-order valence-electron chi connectivity index (χ2n) is 8.28. The predicted molar refractivity (Wildman–Crippen MR) is 103 cm³/mol. The zero-order valence-electron chi connectivity index (χ0n) is 17.7. The molecular weight excluding hydrogens is 389 g/mol. The summed E-state index contributed by atoms with van der Waals surface area (Å²) >= 11 is 0. The van der Waals surface area contributed by atoms with Gasteiger partial charge in [-0.1, -0.05) is 0 Å². The third-order valence-corrected chi connectivity index (χ3v) is 5.65. The van der Waals surface area contributed by atoms with Gasteiger partial charge in [0.15, 0.2) is 5.72 Å². The summed E-state index contributed by atoms with van der Waals surface area (Å²) in [5.74, 6) is 0.